The molecule has 5 atom stereocenters. The summed E-state index contributed by atoms with van der Waals surface area (Å²) in [6, 6.07) is -6.05. The van der Waals surface area contributed by atoms with Crippen molar-refractivity contribution in [3.8, 4) is 0 Å². The summed E-state index contributed by atoms with van der Waals surface area (Å²) in [5.74, 6) is -6.42. The van der Waals surface area contributed by atoms with E-state index >= 15 is 0 Å². The molecule has 10 N–H and O–H groups in total. The maximum Gasteiger partial charge on any atom is 0.326 e. The second-order valence-corrected chi connectivity index (χ2v) is 7.83. The Labute approximate surface area is 187 Å². The van der Waals surface area contributed by atoms with E-state index in [1.54, 1.807) is 6.26 Å². The fraction of sp³-hybridized carbons (Fsp3) is 0.647. The topological polar surface area (TPSA) is 251 Å². The van der Waals surface area contributed by atoms with Crippen molar-refractivity contribution in [2.45, 2.75) is 56.5 Å². The van der Waals surface area contributed by atoms with Crippen molar-refractivity contribution in [1.29, 1.82) is 0 Å². The summed E-state index contributed by atoms with van der Waals surface area (Å²) in [6.07, 6.45) is -1.11. The number of rotatable bonds is 15. The van der Waals surface area contributed by atoms with Crippen LogP contribution in [0.25, 0.3) is 0 Å². The minimum absolute atomic E-state index is 0.0767. The lowest BCUT2D eigenvalue weighted by molar-refractivity contribution is -0.142. The van der Waals surface area contributed by atoms with Gasteiger partial charge in [-0.1, -0.05) is 0 Å². The van der Waals surface area contributed by atoms with Crippen LogP contribution in [0.2, 0.25) is 0 Å². The van der Waals surface area contributed by atoms with E-state index in [1.807, 2.05) is 0 Å². The fourth-order valence-electron chi connectivity index (χ4n) is 2.38. The molecule has 0 spiro atoms. The van der Waals surface area contributed by atoms with E-state index in [1.165, 1.54) is 11.8 Å². The summed E-state index contributed by atoms with van der Waals surface area (Å²) in [7, 11) is 0. The molecular weight excluding hydrogens is 450 g/mol. The summed E-state index contributed by atoms with van der Waals surface area (Å²) in [5.41, 5.74) is 10.5. The number of nitrogens with two attached hydrogens (primary N) is 2. The van der Waals surface area contributed by atoms with Crippen LogP contribution in [-0.4, -0.2) is 93.2 Å². The number of nitrogens with one attached hydrogen (secondary N) is 3. The first-order valence-corrected chi connectivity index (χ1v) is 10.8. The number of amides is 4. The van der Waals surface area contributed by atoms with E-state index in [4.69, 9.17) is 16.6 Å². The highest BCUT2D eigenvalue weighted by Gasteiger charge is 2.33. The molecule has 15 heteroatoms. The lowest BCUT2D eigenvalue weighted by Crippen LogP contribution is -2.60. The first kappa shape index (κ1) is 29.1. The standard InChI is InChI=1S/C17H29N5O9S/c1-7(23)13(22-14(27)8(18)5-12(25)26)16(29)21-10(6-11(19)24)15(28)20-9(17(30)31)3-4-32-2/h7-10,13,23H,3-6,18H2,1-2H3,(H2,19,24)(H,20,28)(H,21,29)(H,22,27)(H,25,26)(H,30,31). The van der Waals surface area contributed by atoms with Crippen molar-refractivity contribution >= 4 is 47.3 Å². The second-order valence-electron chi connectivity index (χ2n) is 6.84. The van der Waals surface area contributed by atoms with Crippen molar-refractivity contribution < 1.29 is 44.1 Å². The van der Waals surface area contributed by atoms with Gasteiger partial charge in [-0.15, -0.1) is 0 Å². The van der Waals surface area contributed by atoms with Crippen LogP contribution in [0.15, 0.2) is 0 Å². The van der Waals surface area contributed by atoms with Gasteiger partial charge in [0.15, 0.2) is 0 Å². The molecule has 4 amide bonds. The average Bonchev–Trinajstić information content (AvgIpc) is 2.66. The molecule has 0 aliphatic carbocycles. The van der Waals surface area contributed by atoms with Crippen LogP contribution in [0.1, 0.15) is 26.2 Å². The quantitative estimate of drug-likeness (QED) is 0.114. The van der Waals surface area contributed by atoms with Gasteiger partial charge in [0, 0.05) is 0 Å². The Bertz CT molecular complexity index is 719. The highest BCUT2D eigenvalue weighted by molar-refractivity contribution is 7.98. The van der Waals surface area contributed by atoms with Crippen LogP contribution in [0.4, 0.5) is 0 Å². The molecule has 0 aromatic carbocycles. The monoisotopic (exact) mass is 479 g/mol. The number of hydrogen-bond acceptors (Lipinski definition) is 9. The van der Waals surface area contributed by atoms with Gasteiger partial charge in [-0.25, -0.2) is 4.79 Å². The number of carbonyl (C=O) groups is 6. The number of thioether (sulfide) groups is 1. The molecule has 182 valence electrons. The Kier molecular flexibility index (Phi) is 12.9. The van der Waals surface area contributed by atoms with Crippen molar-refractivity contribution in [3.05, 3.63) is 0 Å². The largest absolute Gasteiger partial charge is 0.481 e. The molecule has 0 aliphatic heterocycles. The summed E-state index contributed by atoms with van der Waals surface area (Å²) < 4.78 is 0. The molecule has 0 bridgehead atoms. The van der Waals surface area contributed by atoms with E-state index in [-0.39, 0.29) is 6.42 Å². The Morgan fingerprint density at radius 2 is 1.47 bits per heavy atom. The van der Waals surface area contributed by atoms with Crippen LogP contribution in [0, 0.1) is 0 Å². The lowest BCUT2D eigenvalue weighted by Gasteiger charge is -2.25. The Balaban J connectivity index is 5.42. The molecule has 0 aromatic rings. The number of primary amides is 1. The van der Waals surface area contributed by atoms with E-state index in [0.29, 0.717) is 5.75 Å². The molecule has 0 saturated carbocycles. The van der Waals surface area contributed by atoms with Gasteiger partial charge < -0.3 is 42.7 Å². The SMILES string of the molecule is CSCCC(NC(=O)C(CC(N)=O)NC(=O)C(NC(=O)C(N)CC(=O)O)C(C)O)C(=O)O. The molecule has 14 nitrogen and oxygen atoms in total. The van der Waals surface area contributed by atoms with Crippen LogP contribution in [-0.2, 0) is 28.8 Å². The molecule has 0 aliphatic rings. The van der Waals surface area contributed by atoms with E-state index < -0.39 is 78.7 Å². The Hall–Kier alpha value is -2.91. The number of hydrogen-bond donors (Lipinski definition) is 8. The normalized spacial score (nSPS) is 15.4. The number of carboxylic acid groups (broad SMARTS) is 2. The first-order valence-electron chi connectivity index (χ1n) is 9.36. The number of carbonyl (C=O) groups excluding carboxylic acids is 4. The molecule has 0 fully saturated rings. The van der Waals surface area contributed by atoms with E-state index in [2.05, 4.69) is 16.0 Å². The van der Waals surface area contributed by atoms with Crippen molar-refractivity contribution in [2.75, 3.05) is 12.0 Å². The van der Waals surface area contributed by atoms with Gasteiger partial charge in [-0.2, -0.15) is 11.8 Å². The summed E-state index contributed by atoms with van der Waals surface area (Å²) in [5, 5.41) is 34.2. The summed E-state index contributed by atoms with van der Waals surface area (Å²) >= 11 is 1.35. The highest BCUT2D eigenvalue weighted by atomic mass is 32.2. The predicted octanol–water partition coefficient (Wildman–Crippen LogP) is -3.66. The molecule has 0 radical (unpaired) electrons. The third kappa shape index (κ3) is 10.9. The fourth-order valence-corrected chi connectivity index (χ4v) is 2.86. The van der Waals surface area contributed by atoms with Gasteiger partial charge in [0.05, 0.1) is 25.0 Å². The van der Waals surface area contributed by atoms with Crippen LogP contribution in [0.5, 0.6) is 0 Å². The van der Waals surface area contributed by atoms with Crippen molar-refractivity contribution in [1.82, 2.24) is 16.0 Å². The van der Waals surface area contributed by atoms with E-state index in [0.717, 1.165) is 6.92 Å². The number of aliphatic hydroxyl groups excluding tert-OH is 1. The zero-order valence-electron chi connectivity index (χ0n) is 17.6. The second kappa shape index (κ2) is 14.2. The first-order chi connectivity index (χ1) is 14.8. The molecule has 0 heterocycles. The third-order valence-corrected chi connectivity index (χ3v) is 4.70. The number of aliphatic carboxylic acids is 2. The highest BCUT2D eigenvalue weighted by Crippen LogP contribution is 2.04. The molecular formula is C17H29N5O9S. The van der Waals surface area contributed by atoms with Gasteiger partial charge in [-0.3, -0.25) is 24.0 Å². The minimum atomic E-state index is -1.66. The van der Waals surface area contributed by atoms with Crippen LogP contribution >= 0.6 is 11.8 Å². The maximum atomic E-state index is 12.6. The molecule has 5 unspecified atom stereocenters. The maximum absolute atomic E-state index is 12.6. The zero-order chi connectivity index (χ0) is 25.0. The molecule has 0 saturated heterocycles. The van der Waals surface area contributed by atoms with Gasteiger partial charge in [0.1, 0.15) is 18.1 Å². The average molecular weight is 480 g/mol. The summed E-state index contributed by atoms with van der Waals surface area (Å²) in [6.45, 7) is 1.14. The predicted molar refractivity (Wildman–Crippen MR) is 112 cm³/mol. The Morgan fingerprint density at radius 3 is 1.91 bits per heavy atom. The third-order valence-electron chi connectivity index (χ3n) is 4.06. The zero-order valence-corrected chi connectivity index (χ0v) is 18.4. The number of carboxylic acids is 2. The minimum Gasteiger partial charge on any atom is -0.481 e. The molecule has 0 rings (SSSR count). The lowest BCUT2D eigenvalue weighted by atomic mass is 10.1. The van der Waals surface area contributed by atoms with Crippen molar-refractivity contribution in [3.63, 3.8) is 0 Å². The molecule has 32 heavy (non-hydrogen) atoms. The van der Waals surface area contributed by atoms with Gasteiger partial charge in [0.2, 0.25) is 23.6 Å². The Morgan fingerprint density at radius 1 is 0.906 bits per heavy atom. The smallest absolute Gasteiger partial charge is 0.326 e. The molecule has 0 aromatic heterocycles. The van der Waals surface area contributed by atoms with Gasteiger partial charge in [0.25, 0.3) is 0 Å². The van der Waals surface area contributed by atoms with Crippen LogP contribution < -0.4 is 27.4 Å². The number of aliphatic hydroxyl groups is 1. The van der Waals surface area contributed by atoms with Gasteiger partial charge in [-0.05, 0) is 25.4 Å². The van der Waals surface area contributed by atoms with Crippen molar-refractivity contribution in [2.24, 2.45) is 11.5 Å². The summed E-state index contributed by atoms with van der Waals surface area (Å²) in [4.78, 5) is 70.4. The van der Waals surface area contributed by atoms with E-state index in [9.17, 15) is 39.0 Å². The van der Waals surface area contributed by atoms with Crippen LogP contribution in [0.3, 0.4) is 0 Å². The van der Waals surface area contributed by atoms with Gasteiger partial charge >= 0.3 is 11.9 Å².